The molecule has 1 fully saturated rings. The number of halogens is 3. The average Bonchev–Trinajstić information content (AvgIpc) is 3.09. The van der Waals surface area contributed by atoms with Crippen LogP contribution >= 0.6 is 0 Å². The Morgan fingerprint density at radius 1 is 1.22 bits per heavy atom. The Morgan fingerprint density at radius 3 is 2.50 bits per heavy atom. The molecule has 2 rings (SSSR count). The third-order valence-corrected chi connectivity index (χ3v) is 3.71. The molecule has 0 aromatic heterocycles. The summed E-state index contributed by atoms with van der Waals surface area (Å²) < 4.78 is 61.9. The third kappa shape index (κ3) is 2.82. The van der Waals surface area contributed by atoms with Crippen molar-refractivity contribution in [3.63, 3.8) is 0 Å². The van der Waals surface area contributed by atoms with E-state index in [-0.39, 0.29) is 6.61 Å². The fraction of sp³-hybridized carbons (Fsp3) is 0.400. The summed E-state index contributed by atoms with van der Waals surface area (Å²) in [6.07, 6.45) is 1.89. The number of hydrogen-bond acceptors (Lipinski definition) is 3. The Kier molecular flexibility index (Phi) is 3.60. The SMILES string of the molecule is O=S(=O)(NOCC1CC1)c1ccc(F)c(F)c1F. The first-order valence-corrected chi connectivity index (χ1v) is 6.67. The molecule has 0 bridgehead atoms. The second-order valence-corrected chi connectivity index (χ2v) is 5.63. The molecule has 0 unspecified atom stereocenters. The fourth-order valence-electron chi connectivity index (χ4n) is 1.27. The zero-order valence-electron chi connectivity index (χ0n) is 9.12. The summed E-state index contributed by atoms with van der Waals surface area (Å²) >= 11 is 0. The minimum absolute atomic E-state index is 0.171. The van der Waals surface area contributed by atoms with Gasteiger partial charge in [-0.15, -0.1) is 0 Å². The van der Waals surface area contributed by atoms with E-state index in [0.717, 1.165) is 12.8 Å². The number of benzene rings is 1. The molecular formula is C10H10F3NO3S. The maximum absolute atomic E-state index is 13.3. The number of sulfonamides is 1. The normalized spacial score (nSPS) is 15.9. The average molecular weight is 281 g/mol. The van der Waals surface area contributed by atoms with Crippen LogP contribution in [0.5, 0.6) is 0 Å². The molecular weight excluding hydrogens is 271 g/mol. The Labute approximate surface area is 102 Å². The molecule has 1 aliphatic rings. The van der Waals surface area contributed by atoms with Crippen molar-refractivity contribution in [2.75, 3.05) is 6.61 Å². The minimum Gasteiger partial charge on any atom is -0.287 e. The topological polar surface area (TPSA) is 55.4 Å². The van der Waals surface area contributed by atoms with Gasteiger partial charge in [-0.2, -0.15) is 0 Å². The van der Waals surface area contributed by atoms with Crippen molar-refractivity contribution in [2.45, 2.75) is 17.7 Å². The lowest BCUT2D eigenvalue weighted by Crippen LogP contribution is -2.26. The molecule has 0 atom stereocenters. The molecule has 0 spiro atoms. The van der Waals surface area contributed by atoms with E-state index >= 15 is 0 Å². The van der Waals surface area contributed by atoms with Crippen LogP contribution in [0, 0.1) is 23.4 Å². The summed E-state index contributed by atoms with van der Waals surface area (Å²) in [6, 6.07) is 1.17. The molecule has 1 N–H and O–H groups in total. The van der Waals surface area contributed by atoms with Gasteiger partial charge >= 0.3 is 0 Å². The standard InChI is InChI=1S/C10H10F3NO3S/c11-7-3-4-8(10(13)9(7)12)18(15,16)14-17-5-6-1-2-6/h3-4,6,14H,1-2,5H2. The van der Waals surface area contributed by atoms with Gasteiger partial charge in [0.25, 0.3) is 10.0 Å². The zero-order valence-corrected chi connectivity index (χ0v) is 9.94. The zero-order chi connectivity index (χ0) is 13.3. The highest BCUT2D eigenvalue weighted by Gasteiger charge is 2.26. The monoisotopic (exact) mass is 281 g/mol. The first-order chi connectivity index (χ1) is 8.42. The second kappa shape index (κ2) is 4.87. The van der Waals surface area contributed by atoms with Crippen molar-refractivity contribution in [3.8, 4) is 0 Å². The van der Waals surface area contributed by atoms with Crippen molar-refractivity contribution in [2.24, 2.45) is 5.92 Å². The van der Waals surface area contributed by atoms with Gasteiger partial charge in [0.05, 0.1) is 6.61 Å². The lowest BCUT2D eigenvalue weighted by atomic mass is 10.3. The molecule has 0 heterocycles. The van der Waals surface area contributed by atoms with Crippen LogP contribution in [0.15, 0.2) is 17.0 Å². The fourth-order valence-corrected chi connectivity index (χ4v) is 2.16. The van der Waals surface area contributed by atoms with E-state index in [0.29, 0.717) is 18.1 Å². The van der Waals surface area contributed by atoms with Gasteiger partial charge in [0.1, 0.15) is 4.90 Å². The molecule has 100 valence electrons. The van der Waals surface area contributed by atoms with E-state index < -0.39 is 32.4 Å². The van der Waals surface area contributed by atoms with Crippen LogP contribution in [0.3, 0.4) is 0 Å². The highest BCUT2D eigenvalue weighted by Crippen LogP contribution is 2.28. The van der Waals surface area contributed by atoms with Gasteiger partial charge < -0.3 is 0 Å². The predicted octanol–water partition coefficient (Wildman–Crippen LogP) is 1.72. The van der Waals surface area contributed by atoms with Gasteiger partial charge in [-0.1, -0.05) is 4.89 Å². The Bertz CT molecular complexity index is 558. The first kappa shape index (κ1) is 13.3. The molecule has 0 aliphatic heterocycles. The van der Waals surface area contributed by atoms with Gasteiger partial charge in [-0.25, -0.2) is 21.6 Å². The summed E-state index contributed by atoms with van der Waals surface area (Å²) in [5.41, 5.74) is 0. The second-order valence-electron chi connectivity index (χ2n) is 4.01. The summed E-state index contributed by atoms with van der Waals surface area (Å²) in [5.74, 6) is -4.76. The van der Waals surface area contributed by atoms with E-state index in [1.807, 2.05) is 0 Å². The van der Waals surface area contributed by atoms with Crippen LogP contribution in [0.2, 0.25) is 0 Å². The molecule has 1 aliphatic carbocycles. The maximum atomic E-state index is 13.3. The predicted molar refractivity (Wildman–Crippen MR) is 55.3 cm³/mol. The van der Waals surface area contributed by atoms with Crippen LogP contribution in [0.1, 0.15) is 12.8 Å². The van der Waals surface area contributed by atoms with Crippen molar-refractivity contribution >= 4 is 10.0 Å². The lowest BCUT2D eigenvalue weighted by Gasteiger charge is -2.08. The molecule has 1 saturated carbocycles. The third-order valence-electron chi connectivity index (χ3n) is 2.47. The number of hydrogen-bond donors (Lipinski definition) is 1. The van der Waals surface area contributed by atoms with Crippen LogP contribution < -0.4 is 4.89 Å². The van der Waals surface area contributed by atoms with Gasteiger partial charge in [0.2, 0.25) is 0 Å². The largest absolute Gasteiger partial charge is 0.287 e. The highest BCUT2D eigenvalue weighted by molar-refractivity contribution is 7.89. The van der Waals surface area contributed by atoms with E-state index in [9.17, 15) is 21.6 Å². The number of rotatable bonds is 5. The summed E-state index contributed by atoms with van der Waals surface area (Å²) in [6.45, 7) is 0.171. The van der Waals surface area contributed by atoms with E-state index in [4.69, 9.17) is 0 Å². The van der Waals surface area contributed by atoms with E-state index in [2.05, 4.69) is 4.84 Å². The first-order valence-electron chi connectivity index (χ1n) is 5.19. The molecule has 1 aromatic carbocycles. The summed E-state index contributed by atoms with van der Waals surface area (Å²) in [5, 5.41) is 0. The molecule has 0 saturated heterocycles. The van der Waals surface area contributed by atoms with E-state index in [1.165, 1.54) is 0 Å². The maximum Gasteiger partial charge on any atom is 0.265 e. The molecule has 8 heteroatoms. The molecule has 4 nitrogen and oxygen atoms in total. The van der Waals surface area contributed by atoms with Crippen molar-refractivity contribution in [3.05, 3.63) is 29.6 Å². The van der Waals surface area contributed by atoms with Crippen molar-refractivity contribution < 1.29 is 26.4 Å². The molecule has 1 aromatic rings. The summed E-state index contributed by atoms with van der Waals surface area (Å²) in [7, 11) is -4.35. The van der Waals surface area contributed by atoms with Gasteiger partial charge in [0, 0.05) is 0 Å². The van der Waals surface area contributed by atoms with Gasteiger partial charge in [-0.05, 0) is 30.9 Å². The van der Waals surface area contributed by atoms with Gasteiger partial charge in [-0.3, -0.25) is 4.84 Å². The molecule has 18 heavy (non-hydrogen) atoms. The van der Waals surface area contributed by atoms with Crippen LogP contribution in [-0.2, 0) is 14.9 Å². The van der Waals surface area contributed by atoms with Gasteiger partial charge in [0.15, 0.2) is 17.5 Å². The van der Waals surface area contributed by atoms with Crippen LogP contribution in [-0.4, -0.2) is 15.0 Å². The lowest BCUT2D eigenvalue weighted by molar-refractivity contribution is 0.0842. The Balaban J connectivity index is 2.15. The minimum atomic E-state index is -4.35. The molecule has 0 amide bonds. The van der Waals surface area contributed by atoms with Crippen molar-refractivity contribution in [1.82, 2.24) is 4.89 Å². The molecule has 0 radical (unpaired) electrons. The van der Waals surface area contributed by atoms with Crippen LogP contribution in [0.25, 0.3) is 0 Å². The number of nitrogens with one attached hydrogen (secondary N) is 1. The highest BCUT2D eigenvalue weighted by atomic mass is 32.2. The van der Waals surface area contributed by atoms with E-state index in [1.54, 1.807) is 4.89 Å². The smallest absolute Gasteiger partial charge is 0.265 e. The Morgan fingerprint density at radius 2 is 1.89 bits per heavy atom. The summed E-state index contributed by atoms with van der Waals surface area (Å²) in [4.78, 5) is 5.37. The quantitative estimate of drug-likeness (QED) is 0.660. The van der Waals surface area contributed by atoms with Crippen LogP contribution in [0.4, 0.5) is 13.2 Å². The Hall–Kier alpha value is -1.12. The van der Waals surface area contributed by atoms with Crippen molar-refractivity contribution in [1.29, 1.82) is 0 Å².